The van der Waals surface area contributed by atoms with Crippen molar-refractivity contribution in [1.82, 2.24) is 5.32 Å². The van der Waals surface area contributed by atoms with Gasteiger partial charge in [-0.2, -0.15) is 0 Å². The molecule has 0 spiro atoms. The van der Waals surface area contributed by atoms with Gasteiger partial charge in [-0.1, -0.05) is 36.9 Å². The monoisotopic (exact) mass is 427 g/mol. The van der Waals surface area contributed by atoms with Crippen LogP contribution in [0.3, 0.4) is 0 Å². The molecule has 0 heterocycles. The van der Waals surface area contributed by atoms with Crippen LogP contribution in [0.4, 0.5) is 0 Å². The number of benzene rings is 2. The van der Waals surface area contributed by atoms with Gasteiger partial charge in [0.1, 0.15) is 0 Å². The Bertz CT molecular complexity index is 601. The van der Waals surface area contributed by atoms with Crippen LogP contribution in [0.15, 0.2) is 61.2 Å². The highest BCUT2D eigenvalue weighted by atomic mass is 79.9. The highest BCUT2D eigenvalue weighted by molar-refractivity contribution is 9.11. The predicted molar refractivity (Wildman–Crippen MR) is 99.1 cm³/mol. The summed E-state index contributed by atoms with van der Waals surface area (Å²) in [5, 5.41) is 3.52. The fraction of sp³-hybridized carbons (Fsp3) is 0.294. The first-order valence-corrected chi connectivity index (χ1v) is 9.47. The molecule has 21 heavy (non-hydrogen) atoms. The van der Waals surface area contributed by atoms with Crippen molar-refractivity contribution in [3.05, 3.63) is 57.0 Å². The standard InChI is InChI=1S/C17H19Br2NS/c1-3-10-20-12(2)13-8-9-17(15(19)11-13)21-16-7-5-4-6-14(16)18/h4-9,11-12,20H,3,10H2,1-2H3. The number of hydrogen-bond acceptors (Lipinski definition) is 2. The highest BCUT2D eigenvalue weighted by Crippen LogP contribution is 2.38. The molecule has 0 aliphatic rings. The maximum Gasteiger partial charge on any atom is 0.0318 e. The van der Waals surface area contributed by atoms with Crippen LogP contribution < -0.4 is 5.32 Å². The molecule has 2 rings (SSSR count). The predicted octanol–water partition coefficient (Wildman–Crippen LogP) is 6.42. The molecule has 0 amide bonds. The molecule has 1 atom stereocenters. The topological polar surface area (TPSA) is 12.0 Å². The summed E-state index contributed by atoms with van der Waals surface area (Å²) in [6, 6.07) is 15.3. The van der Waals surface area contributed by atoms with Crippen LogP contribution in [0.1, 0.15) is 31.9 Å². The third kappa shape index (κ3) is 4.85. The number of hydrogen-bond donors (Lipinski definition) is 1. The van der Waals surface area contributed by atoms with E-state index in [1.807, 2.05) is 6.07 Å². The van der Waals surface area contributed by atoms with E-state index in [2.05, 4.69) is 87.4 Å². The van der Waals surface area contributed by atoms with E-state index >= 15 is 0 Å². The van der Waals surface area contributed by atoms with Gasteiger partial charge in [-0.25, -0.2) is 0 Å². The molecule has 0 bridgehead atoms. The molecule has 0 saturated heterocycles. The lowest BCUT2D eigenvalue weighted by atomic mass is 10.1. The second-order valence-corrected chi connectivity index (χ2v) is 7.69. The Morgan fingerprint density at radius 2 is 1.76 bits per heavy atom. The van der Waals surface area contributed by atoms with Crippen LogP contribution in [0.2, 0.25) is 0 Å². The molecular weight excluding hydrogens is 410 g/mol. The Kier molecular flexibility index (Phi) is 6.80. The fourth-order valence-corrected chi connectivity index (χ4v) is 4.00. The molecule has 1 N–H and O–H groups in total. The maximum atomic E-state index is 3.70. The van der Waals surface area contributed by atoms with Gasteiger partial charge in [0.05, 0.1) is 0 Å². The summed E-state index contributed by atoms with van der Waals surface area (Å²) in [5.41, 5.74) is 1.31. The summed E-state index contributed by atoms with van der Waals surface area (Å²) in [4.78, 5) is 2.46. The van der Waals surface area contributed by atoms with Gasteiger partial charge in [0.15, 0.2) is 0 Å². The van der Waals surface area contributed by atoms with Crippen LogP contribution in [-0.2, 0) is 0 Å². The normalized spacial score (nSPS) is 12.4. The van der Waals surface area contributed by atoms with Crippen molar-refractivity contribution in [3.8, 4) is 0 Å². The highest BCUT2D eigenvalue weighted by Gasteiger charge is 2.09. The molecular formula is C17H19Br2NS. The van der Waals surface area contributed by atoms with Gasteiger partial charge in [0.25, 0.3) is 0 Å². The van der Waals surface area contributed by atoms with Gasteiger partial charge in [-0.05, 0) is 81.6 Å². The summed E-state index contributed by atoms with van der Waals surface area (Å²) < 4.78 is 2.27. The SMILES string of the molecule is CCCNC(C)c1ccc(Sc2ccccc2Br)c(Br)c1. The van der Waals surface area contributed by atoms with E-state index in [1.165, 1.54) is 15.4 Å². The van der Waals surface area contributed by atoms with Crippen molar-refractivity contribution >= 4 is 43.6 Å². The van der Waals surface area contributed by atoms with Crippen LogP contribution in [0.25, 0.3) is 0 Å². The van der Waals surface area contributed by atoms with Crippen LogP contribution in [0, 0.1) is 0 Å². The van der Waals surface area contributed by atoms with E-state index in [-0.39, 0.29) is 0 Å². The van der Waals surface area contributed by atoms with Crippen molar-refractivity contribution < 1.29 is 0 Å². The van der Waals surface area contributed by atoms with Gasteiger partial charge in [-0.3, -0.25) is 0 Å². The van der Waals surface area contributed by atoms with E-state index in [9.17, 15) is 0 Å². The third-order valence-electron chi connectivity index (χ3n) is 3.21. The van der Waals surface area contributed by atoms with Crippen LogP contribution in [-0.4, -0.2) is 6.54 Å². The van der Waals surface area contributed by atoms with E-state index in [4.69, 9.17) is 0 Å². The number of halogens is 2. The summed E-state index contributed by atoms with van der Waals surface area (Å²) in [5.74, 6) is 0. The Labute approximate surface area is 148 Å². The molecule has 0 aromatic heterocycles. The lowest BCUT2D eigenvalue weighted by molar-refractivity contribution is 0.570. The summed E-state index contributed by atoms with van der Waals surface area (Å²) in [6.07, 6.45) is 1.15. The molecule has 0 aliphatic heterocycles. The van der Waals surface area contributed by atoms with Crippen LogP contribution >= 0.6 is 43.6 Å². The van der Waals surface area contributed by atoms with E-state index < -0.39 is 0 Å². The first-order chi connectivity index (χ1) is 10.1. The molecule has 112 valence electrons. The van der Waals surface area contributed by atoms with Crippen molar-refractivity contribution in [3.63, 3.8) is 0 Å². The van der Waals surface area contributed by atoms with Crippen molar-refractivity contribution in [2.75, 3.05) is 6.54 Å². The second kappa shape index (κ2) is 8.37. The minimum atomic E-state index is 0.378. The average Bonchev–Trinajstić information content (AvgIpc) is 2.49. The zero-order valence-electron chi connectivity index (χ0n) is 12.2. The Hall–Kier alpha value is -0.290. The summed E-state index contributed by atoms with van der Waals surface area (Å²) >= 11 is 9.07. The molecule has 0 saturated carbocycles. The Morgan fingerprint density at radius 3 is 2.43 bits per heavy atom. The molecule has 2 aromatic carbocycles. The molecule has 0 aliphatic carbocycles. The fourth-order valence-electron chi connectivity index (χ4n) is 1.99. The average molecular weight is 429 g/mol. The van der Waals surface area contributed by atoms with Crippen molar-refractivity contribution in [1.29, 1.82) is 0 Å². The van der Waals surface area contributed by atoms with E-state index in [0.29, 0.717) is 6.04 Å². The molecule has 4 heteroatoms. The first-order valence-electron chi connectivity index (χ1n) is 7.07. The van der Waals surface area contributed by atoms with Gasteiger partial charge in [-0.15, -0.1) is 0 Å². The molecule has 0 radical (unpaired) electrons. The van der Waals surface area contributed by atoms with Gasteiger partial charge in [0, 0.05) is 24.8 Å². The zero-order chi connectivity index (χ0) is 15.2. The minimum absolute atomic E-state index is 0.378. The molecule has 2 aromatic rings. The minimum Gasteiger partial charge on any atom is -0.310 e. The van der Waals surface area contributed by atoms with Crippen molar-refractivity contribution in [2.45, 2.75) is 36.1 Å². The van der Waals surface area contributed by atoms with E-state index in [0.717, 1.165) is 21.9 Å². The number of rotatable bonds is 6. The Balaban J connectivity index is 2.14. The maximum absolute atomic E-state index is 3.70. The van der Waals surface area contributed by atoms with E-state index in [1.54, 1.807) is 11.8 Å². The molecule has 0 fully saturated rings. The smallest absolute Gasteiger partial charge is 0.0318 e. The molecule has 1 unspecified atom stereocenters. The lowest BCUT2D eigenvalue weighted by Gasteiger charge is -2.15. The number of nitrogens with one attached hydrogen (secondary N) is 1. The largest absolute Gasteiger partial charge is 0.310 e. The van der Waals surface area contributed by atoms with Gasteiger partial charge < -0.3 is 5.32 Å². The summed E-state index contributed by atoms with van der Waals surface area (Å²) in [7, 11) is 0. The second-order valence-electron chi connectivity index (χ2n) is 4.90. The lowest BCUT2D eigenvalue weighted by Crippen LogP contribution is -2.19. The summed E-state index contributed by atoms with van der Waals surface area (Å²) in [6.45, 7) is 5.44. The molecule has 1 nitrogen and oxygen atoms in total. The Morgan fingerprint density at radius 1 is 1.05 bits per heavy atom. The van der Waals surface area contributed by atoms with Gasteiger partial charge >= 0.3 is 0 Å². The zero-order valence-corrected chi connectivity index (χ0v) is 16.2. The van der Waals surface area contributed by atoms with Gasteiger partial charge in [0.2, 0.25) is 0 Å². The quantitative estimate of drug-likeness (QED) is 0.569. The van der Waals surface area contributed by atoms with Crippen LogP contribution in [0.5, 0.6) is 0 Å². The third-order valence-corrected chi connectivity index (χ3v) is 6.24. The van der Waals surface area contributed by atoms with Crippen molar-refractivity contribution in [2.24, 2.45) is 0 Å². The first kappa shape index (κ1) is 17.1.